The summed E-state index contributed by atoms with van der Waals surface area (Å²) in [7, 11) is 0. The van der Waals surface area contributed by atoms with Gasteiger partial charge in [-0.3, -0.25) is 0 Å². The Labute approximate surface area is 123 Å². The number of H-pyrrole nitrogens is 1. The molecule has 1 nitrogen and oxygen atoms in total. The summed E-state index contributed by atoms with van der Waals surface area (Å²) in [5.74, 6) is 0. The fourth-order valence-electron chi connectivity index (χ4n) is 2.68. The second kappa shape index (κ2) is 4.95. The van der Waals surface area contributed by atoms with Gasteiger partial charge in [-0.25, -0.2) is 0 Å². The molecule has 100 valence electrons. The maximum absolute atomic E-state index is 3.22. The predicted molar refractivity (Wildman–Crippen MR) is 91.2 cm³/mol. The highest BCUT2D eigenvalue weighted by Gasteiger charge is 1.95. The first-order valence-corrected chi connectivity index (χ1v) is 7.12. The SMILES string of the molecule is C(=C/c1ccc2[nH]ccc2c1)/c1ccc2ccccc2c1. The maximum Gasteiger partial charge on any atom is 0.0454 e. The van der Waals surface area contributed by atoms with Crippen LogP contribution in [-0.4, -0.2) is 4.98 Å². The summed E-state index contributed by atoms with van der Waals surface area (Å²) < 4.78 is 0. The fourth-order valence-corrected chi connectivity index (χ4v) is 2.68. The highest BCUT2D eigenvalue weighted by molar-refractivity contribution is 5.87. The van der Waals surface area contributed by atoms with Crippen LogP contribution in [0.15, 0.2) is 72.9 Å². The van der Waals surface area contributed by atoms with Crippen LogP contribution in [0.4, 0.5) is 0 Å². The molecule has 0 bridgehead atoms. The molecule has 0 amide bonds. The number of hydrogen-bond acceptors (Lipinski definition) is 0. The minimum atomic E-state index is 1.18. The van der Waals surface area contributed by atoms with Crippen LogP contribution < -0.4 is 0 Å². The van der Waals surface area contributed by atoms with E-state index in [1.54, 1.807) is 0 Å². The van der Waals surface area contributed by atoms with E-state index in [0.717, 1.165) is 0 Å². The molecule has 3 aromatic carbocycles. The van der Waals surface area contributed by atoms with Crippen LogP contribution in [0.1, 0.15) is 11.1 Å². The summed E-state index contributed by atoms with van der Waals surface area (Å²) in [4.78, 5) is 3.22. The van der Waals surface area contributed by atoms with Gasteiger partial charge >= 0.3 is 0 Å². The quantitative estimate of drug-likeness (QED) is 0.463. The van der Waals surface area contributed by atoms with E-state index in [9.17, 15) is 0 Å². The van der Waals surface area contributed by atoms with Gasteiger partial charge in [0.15, 0.2) is 0 Å². The van der Waals surface area contributed by atoms with Crippen molar-refractivity contribution in [2.45, 2.75) is 0 Å². The third-order valence-corrected chi connectivity index (χ3v) is 3.82. The molecule has 1 heteroatoms. The number of fused-ring (bicyclic) bond motifs is 2. The minimum Gasteiger partial charge on any atom is -0.361 e. The molecule has 0 aliphatic carbocycles. The van der Waals surface area contributed by atoms with E-state index < -0.39 is 0 Å². The average molecular weight is 269 g/mol. The van der Waals surface area contributed by atoms with Crippen LogP contribution in [-0.2, 0) is 0 Å². The van der Waals surface area contributed by atoms with E-state index in [2.05, 4.69) is 83.9 Å². The van der Waals surface area contributed by atoms with E-state index in [0.29, 0.717) is 0 Å². The predicted octanol–water partition coefficient (Wildman–Crippen LogP) is 5.49. The van der Waals surface area contributed by atoms with Crippen molar-refractivity contribution in [2.75, 3.05) is 0 Å². The Morgan fingerprint density at radius 3 is 2.19 bits per heavy atom. The first-order chi connectivity index (χ1) is 10.4. The van der Waals surface area contributed by atoms with Crippen molar-refractivity contribution in [3.63, 3.8) is 0 Å². The summed E-state index contributed by atoms with van der Waals surface area (Å²) in [6.07, 6.45) is 6.30. The van der Waals surface area contributed by atoms with Gasteiger partial charge in [0.05, 0.1) is 0 Å². The van der Waals surface area contributed by atoms with Crippen molar-refractivity contribution in [1.29, 1.82) is 0 Å². The monoisotopic (exact) mass is 269 g/mol. The number of nitrogens with one attached hydrogen (secondary N) is 1. The van der Waals surface area contributed by atoms with Gasteiger partial charge in [0.25, 0.3) is 0 Å². The third-order valence-electron chi connectivity index (χ3n) is 3.82. The van der Waals surface area contributed by atoms with Crippen LogP contribution in [0.3, 0.4) is 0 Å². The van der Waals surface area contributed by atoms with Gasteiger partial charge in [-0.2, -0.15) is 0 Å². The Kier molecular flexibility index (Phi) is 2.82. The molecule has 0 saturated heterocycles. The summed E-state index contributed by atoms with van der Waals surface area (Å²) >= 11 is 0. The van der Waals surface area contributed by atoms with E-state index in [4.69, 9.17) is 0 Å². The lowest BCUT2D eigenvalue weighted by Gasteiger charge is -1.99. The smallest absolute Gasteiger partial charge is 0.0454 e. The largest absolute Gasteiger partial charge is 0.361 e. The molecule has 4 aromatic rings. The van der Waals surface area contributed by atoms with Gasteiger partial charge in [0.1, 0.15) is 0 Å². The number of hydrogen-bond donors (Lipinski definition) is 1. The molecule has 21 heavy (non-hydrogen) atoms. The van der Waals surface area contributed by atoms with Crippen LogP contribution >= 0.6 is 0 Å². The lowest BCUT2D eigenvalue weighted by molar-refractivity contribution is 1.48. The van der Waals surface area contributed by atoms with E-state index >= 15 is 0 Å². The first kappa shape index (κ1) is 12.0. The van der Waals surface area contributed by atoms with E-state index in [1.807, 2.05) is 6.20 Å². The summed E-state index contributed by atoms with van der Waals surface area (Å²) in [5.41, 5.74) is 3.62. The van der Waals surface area contributed by atoms with Crippen LogP contribution in [0.5, 0.6) is 0 Å². The second-order valence-corrected chi connectivity index (χ2v) is 5.26. The van der Waals surface area contributed by atoms with Crippen LogP contribution in [0, 0.1) is 0 Å². The number of rotatable bonds is 2. The number of aromatic nitrogens is 1. The molecule has 1 heterocycles. The maximum atomic E-state index is 3.22. The Bertz CT molecular complexity index is 944. The zero-order valence-corrected chi connectivity index (χ0v) is 11.6. The molecule has 0 saturated carbocycles. The van der Waals surface area contributed by atoms with E-state index in [1.165, 1.54) is 32.8 Å². The highest BCUT2D eigenvalue weighted by atomic mass is 14.7. The summed E-state index contributed by atoms with van der Waals surface area (Å²) in [6, 6.07) is 23.6. The van der Waals surface area contributed by atoms with Crippen molar-refractivity contribution in [3.05, 3.63) is 84.1 Å². The molecule has 1 aromatic heterocycles. The molecule has 0 unspecified atom stereocenters. The fraction of sp³-hybridized carbons (Fsp3) is 0. The second-order valence-electron chi connectivity index (χ2n) is 5.26. The zero-order valence-electron chi connectivity index (χ0n) is 11.6. The van der Waals surface area contributed by atoms with Gasteiger partial charge in [-0.1, -0.05) is 54.6 Å². The van der Waals surface area contributed by atoms with Crippen LogP contribution in [0.2, 0.25) is 0 Å². The molecular weight excluding hydrogens is 254 g/mol. The molecule has 4 rings (SSSR count). The lowest BCUT2D eigenvalue weighted by atomic mass is 10.1. The lowest BCUT2D eigenvalue weighted by Crippen LogP contribution is -1.76. The Morgan fingerprint density at radius 2 is 1.33 bits per heavy atom. The standard InChI is InChI=1S/C20H15N/c1-2-4-18-13-15(7-9-17(18)3-1)5-6-16-8-10-20-19(14-16)11-12-21-20/h1-14,21H/b6-5-. The molecule has 1 N–H and O–H groups in total. The Morgan fingerprint density at radius 1 is 0.619 bits per heavy atom. The number of benzene rings is 3. The minimum absolute atomic E-state index is 1.18. The third kappa shape index (κ3) is 2.34. The van der Waals surface area contributed by atoms with Gasteiger partial charge in [0, 0.05) is 11.7 Å². The van der Waals surface area contributed by atoms with Gasteiger partial charge in [-0.05, 0) is 51.6 Å². The van der Waals surface area contributed by atoms with Crippen molar-refractivity contribution in [2.24, 2.45) is 0 Å². The number of aromatic amines is 1. The van der Waals surface area contributed by atoms with Crippen molar-refractivity contribution in [3.8, 4) is 0 Å². The Hall–Kier alpha value is -2.80. The molecule has 0 atom stereocenters. The molecule has 0 aliphatic rings. The van der Waals surface area contributed by atoms with Crippen molar-refractivity contribution < 1.29 is 0 Å². The zero-order chi connectivity index (χ0) is 14.1. The van der Waals surface area contributed by atoms with E-state index in [-0.39, 0.29) is 0 Å². The normalized spacial score (nSPS) is 11.6. The van der Waals surface area contributed by atoms with Gasteiger partial charge in [0.2, 0.25) is 0 Å². The summed E-state index contributed by atoms with van der Waals surface area (Å²) in [6.45, 7) is 0. The Balaban J connectivity index is 1.69. The average Bonchev–Trinajstić information content (AvgIpc) is 3.00. The van der Waals surface area contributed by atoms with Crippen LogP contribution in [0.25, 0.3) is 33.8 Å². The first-order valence-electron chi connectivity index (χ1n) is 7.12. The summed E-state index contributed by atoms with van der Waals surface area (Å²) in [5, 5.41) is 3.81. The molecule has 0 fully saturated rings. The highest BCUT2D eigenvalue weighted by Crippen LogP contribution is 2.19. The van der Waals surface area contributed by atoms with Gasteiger partial charge in [-0.15, -0.1) is 0 Å². The molecular formula is C20H15N. The van der Waals surface area contributed by atoms with Crippen molar-refractivity contribution in [1.82, 2.24) is 4.98 Å². The molecule has 0 aliphatic heterocycles. The topological polar surface area (TPSA) is 15.8 Å². The van der Waals surface area contributed by atoms with Crippen molar-refractivity contribution >= 4 is 33.8 Å². The molecule has 0 radical (unpaired) electrons. The molecule has 0 spiro atoms. The van der Waals surface area contributed by atoms with Gasteiger partial charge < -0.3 is 4.98 Å².